The number of hydrogen-bond donors (Lipinski definition) is 6. The largest absolute Gasteiger partial charge is 0.493 e. The van der Waals surface area contributed by atoms with Crippen molar-refractivity contribution < 1.29 is 79.5 Å². The molecule has 0 aliphatic rings. The summed E-state index contributed by atoms with van der Waals surface area (Å²) in [4.78, 5) is 7.88. The Balaban J connectivity index is 0.00000223. The van der Waals surface area contributed by atoms with Gasteiger partial charge in [-0.2, -0.15) is 44.0 Å². The Morgan fingerprint density at radius 1 is 0.775 bits per heavy atom. The first kappa shape index (κ1) is 60.6. The third kappa shape index (κ3) is 14.5. The van der Waals surface area contributed by atoms with Gasteiger partial charge in [0, 0.05) is 27.5 Å². The number of pyridine rings is 1. The molecule has 3 aromatic heterocycles. The minimum absolute atomic E-state index is 0.00279. The highest BCUT2D eigenvalue weighted by atomic mass is 35.5. The zero-order valence-corrected chi connectivity index (χ0v) is 47.1. The molecule has 5 aromatic carbocycles. The van der Waals surface area contributed by atoms with Gasteiger partial charge in [0.25, 0.3) is 40.5 Å². The number of rotatable bonds is 19. The van der Waals surface area contributed by atoms with Crippen LogP contribution in [0.4, 0.5) is 33.6 Å². The molecule has 0 fully saturated rings. The second-order valence-corrected chi connectivity index (χ2v) is 25.4. The minimum Gasteiger partial charge on any atom is -0.493 e. The Hall–Kier alpha value is -7.05. The van der Waals surface area contributed by atoms with E-state index in [-0.39, 0.29) is 103 Å². The fourth-order valence-electron chi connectivity index (χ4n) is 7.54. The van der Waals surface area contributed by atoms with E-state index in [0.29, 0.717) is 25.9 Å². The highest BCUT2D eigenvalue weighted by molar-refractivity contribution is 7.99. The maximum absolute atomic E-state index is 12.4. The lowest BCUT2D eigenvalue weighted by Gasteiger charge is -2.12. The molecule has 0 unspecified atom stereocenters. The van der Waals surface area contributed by atoms with Gasteiger partial charge in [-0.05, 0) is 79.8 Å². The number of halogens is 1. The highest BCUT2D eigenvalue weighted by Crippen LogP contribution is 2.44. The van der Waals surface area contributed by atoms with Crippen LogP contribution in [0.25, 0.3) is 37.7 Å². The van der Waals surface area contributed by atoms with Gasteiger partial charge in [0.2, 0.25) is 11.0 Å². The number of aromatic hydroxyl groups is 1. The minimum atomic E-state index is -4.79. The van der Waals surface area contributed by atoms with Crippen LogP contribution in [0.3, 0.4) is 0 Å². The number of aliphatic hydroxyl groups excluding tert-OH is 1. The molecule has 80 heavy (non-hydrogen) atoms. The number of nitriles is 1. The molecule has 3 heterocycles. The van der Waals surface area contributed by atoms with E-state index < -0.39 is 89.9 Å². The van der Waals surface area contributed by atoms with Gasteiger partial charge in [0.15, 0.2) is 11.3 Å². The molecule has 0 aliphatic heterocycles. The van der Waals surface area contributed by atoms with Crippen molar-refractivity contribution in [1.29, 1.82) is 5.26 Å². The SMILES string of the molecule is Cc1cc(N=Nc2c(C)c(C#N)c3nc4cc(S(=O)(=O)O)c(Cl)cc4n3c2O)c(OCCCS(=O)(=O)O)cc1N=Nc1cc(CO)c(N=Nc2nc3c(S(=O)(=O)O)cc4ccccc4c3s2)cc1SCCCS(=O)(=O)O.O=S(=O)=O. The summed E-state index contributed by atoms with van der Waals surface area (Å²) in [5.74, 6) is -1.77. The Morgan fingerprint density at radius 3 is 2.06 bits per heavy atom. The van der Waals surface area contributed by atoms with Crippen molar-refractivity contribution in [3.63, 3.8) is 0 Å². The van der Waals surface area contributed by atoms with Gasteiger partial charge in [-0.3, -0.25) is 22.6 Å². The lowest BCUT2D eigenvalue weighted by Crippen LogP contribution is -2.08. The average Bonchev–Trinajstić information content (AvgIpc) is 4.03. The quantitative estimate of drug-likeness (QED) is 0.0190. The molecule has 0 radical (unpaired) electrons. The molecule has 6 N–H and O–H groups in total. The standard InChI is InChI=1S/C44H37ClN10O15S6.O3S/c1-22-13-32(51-53-39-23(2)27(20-46)42-47-31-19-37(75(64,65)66)28(45)16-34(31)55(42)43(39)57)35(70-9-5-11-73(58,59)60)17-29(22)49-52-33-14-25(21-56)30(18-36(33)71-10-6-12-74(61,62)63)50-54-44-48-40-38(76(67,68)69)15-24-7-3-4-8-26(24)41(40)72-44;1-4(2)3/h3-4,7-8,13-19,56-57H,5-6,9-12,21H2,1-2H3,(H,58,59,60)(H,61,62,63)(H,64,65,66)(H,67,68,69);. The lowest BCUT2D eigenvalue weighted by molar-refractivity contribution is 0.282. The molecule has 0 atom stereocenters. The zero-order chi connectivity index (χ0) is 58.6. The number of thioether (sulfide) groups is 1. The van der Waals surface area contributed by atoms with E-state index in [4.69, 9.17) is 29.0 Å². The summed E-state index contributed by atoms with van der Waals surface area (Å²) < 4.78 is 166. The van der Waals surface area contributed by atoms with Gasteiger partial charge in [-0.15, -0.1) is 50.0 Å². The van der Waals surface area contributed by atoms with Crippen molar-refractivity contribution in [2.75, 3.05) is 23.9 Å². The van der Waals surface area contributed by atoms with Crippen LogP contribution in [0, 0.1) is 25.2 Å². The number of thiazole rings is 1. The summed E-state index contributed by atoms with van der Waals surface area (Å²) in [6.45, 7) is 2.15. The van der Waals surface area contributed by atoms with E-state index in [0.717, 1.165) is 39.6 Å². The predicted molar refractivity (Wildman–Crippen MR) is 290 cm³/mol. The number of aromatic nitrogens is 3. The lowest BCUT2D eigenvalue weighted by atomic mass is 10.1. The zero-order valence-electron chi connectivity index (χ0n) is 40.6. The monoisotopic (exact) mass is 1250 g/mol. The van der Waals surface area contributed by atoms with Gasteiger partial charge in [0.1, 0.15) is 38.4 Å². The van der Waals surface area contributed by atoms with Crippen molar-refractivity contribution in [2.45, 2.75) is 48.0 Å². The van der Waals surface area contributed by atoms with Gasteiger partial charge in [0.05, 0.1) is 62.5 Å². The highest BCUT2D eigenvalue weighted by Gasteiger charge is 2.25. The van der Waals surface area contributed by atoms with Crippen LogP contribution in [0.2, 0.25) is 5.02 Å². The number of azo groups is 3. The number of hydrogen-bond acceptors (Lipinski definition) is 25. The number of aliphatic hydroxyl groups is 1. The first-order chi connectivity index (χ1) is 37.5. The van der Waals surface area contributed by atoms with Gasteiger partial charge in [-0.25, -0.2) is 9.97 Å². The number of ether oxygens (including phenoxy) is 1. The van der Waals surface area contributed by atoms with E-state index in [1.165, 1.54) is 37.3 Å². The van der Waals surface area contributed by atoms with E-state index in [9.17, 15) is 67.4 Å². The molecule has 0 amide bonds. The maximum Gasteiger partial charge on any atom is 0.425 e. The van der Waals surface area contributed by atoms with Crippen LogP contribution in [0.5, 0.6) is 11.6 Å². The summed E-state index contributed by atoms with van der Waals surface area (Å²) in [5, 5.41) is 59.0. The van der Waals surface area contributed by atoms with E-state index >= 15 is 0 Å². The van der Waals surface area contributed by atoms with Gasteiger partial charge >= 0.3 is 10.6 Å². The molecule has 0 spiro atoms. The van der Waals surface area contributed by atoms with Crippen LogP contribution in [-0.2, 0) is 57.7 Å². The fraction of sp³-hybridized carbons (Fsp3) is 0.205. The molecule has 0 saturated carbocycles. The number of nitrogens with zero attached hydrogens (tertiary/aromatic N) is 10. The van der Waals surface area contributed by atoms with Crippen molar-refractivity contribution in [3.05, 3.63) is 94.0 Å². The molecule has 0 saturated heterocycles. The Kier molecular flexibility index (Phi) is 18.4. The van der Waals surface area contributed by atoms with Crippen LogP contribution in [0.1, 0.15) is 35.1 Å². The van der Waals surface area contributed by atoms with Crippen LogP contribution < -0.4 is 4.74 Å². The molecule has 0 bridgehead atoms. The van der Waals surface area contributed by atoms with E-state index in [1.54, 1.807) is 31.2 Å². The van der Waals surface area contributed by atoms with Gasteiger partial charge < -0.3 is 14.9 Å². The average molecular weight is 1250 g/mol. The number of fused-ring (bicyclic) bond motifs is 6. The summed E-state index contributed by atoms with van der Waals surface area (Å²) in [7, 11) is -21.3. The Labute approximate surface area is 467 Å². The van der Waals surface area contributed by atoms with Crippen molar-refractivity contribution in [2.24, 2.45) is 30.7 Å². The molecule has 8 rings (SSSR count). The molecule has 8 aromatic rings. The first-order valence-electron chi connectivity index (χ1n) is 22.1. The van der Waals surface area contributed by atoms with E-state index in [2.05, 4.69) is 40.7 Å². The van der Waals surface area contributed by atoms with Crippen molar-refractivity contribution in [3.8, 4) is 17.7 Å². The molecule has 36 heteroatoms. The fourth-order valence-corrected chi connectivity index (χ4v) is 12.4. The van der Waals surface area contributed by atoms with Crippen LogP contribution in [-0.4, -0.2) is 113 Å². The molecular weight excluding hydrogens is 1220 g/mol. The summed E-state index contributed by atoms with van der Waals surface area (Å²) in [5.41, 5.74) is 0.499. The second kappa shape index (κ2) is 24.4. The molecule has 0 aliphatic carbocycles. The summed E-state index contributed by atoms with van der Waals surface area (Å²) in [6, 6.07) is 18.0. The van der Waals surface area contributed by atoms with Crippen molar-refractivity contribution in [1.82, 2.24) is 14.4 Å². The Morgan fingerprint density at radius 2 is 1.41 bits per heavy atom. The number of aryl methyl sites for hydroxylation is 1. The number of imidazole rings is 1. The molecule has 420 valence electrons. The Bertz CT molecular complexity index is 4570. The third-order valence-corrected chi connectivity index (χ3v) is 17.0. The number of benzene rings is 5. The van der Waals surface area contributed by atoms with Crippen molar-refractivity contribution >= 4 is 157 Å². The van der Waals surface area contributed by atoms with E-state index in [1.807, 2.05) is 6.07 Å². The smallest absolute Gasteiger partial charge is 0.425 e. The third-order valence-electron chi connectivity index (χ3n) is 11.1. The van der Waals surface area contributed by atoms with Crippen LogP contribution in [0.15, 0.2) is 112 Å². The second-order valence-electron chi connectivity index (χ2n) is 16.5. The van der Waals surface area contributed by atoms with Gasteiger partial charge in [-0.1, -0.05) is 47.2 Å². The normalized spacial score (nSPS) is 12.6. The molecule has 28 nitrogen and oxygen atoms in total. The topological polar surface area (TPSA) is 447 Å². The predicted octanol–water partition coefficient (Wildman–Crippen LogP) is 9.35. The summed E-state index contributed by atoms with van der Waals surface area (Å²) >= 11 is 8.28. The molecular formula is C44H37ClN10O18S7. The first-order valence-corrected chi connectivity index (χ1v) is 31.4. The maximum atomic E-state index is 12.4. The summed E-state index contributed by atoms with van der Waals surface area (Å²) in [6.07, 6.45) is -0.193. The van der Waals surface area contributed by atoms with Crippen LogP contribution >= 0.6 is 34.7 Å².